The number of hydrogen-bond acceptors (Lipinski definition) is 5. The van der Waals surface area contributed by atoms with Gasteiger partial charge in [0.05, 0.1) is 7.11 Å². The highest BCUT2D eigenvalue weighted by atomic mass is 35.5. The molecule has 1 aliphatic heterocycles. The molecular formula is C21H23ClN4O. The molecule has 0 unspecified atom stereocenters. The molecule has 0 radical (unpaired) electrons. The van der Waals surface area contributed by atoms with E-state index in [1.165, 1.54) is 6.42 Å². The van der Waals surface area contributed by atoms with Crippen molar-refractivity contribution in [1.29, 1.82) is 0 Å². The number of likely N-dealkylation sites (N-methyl/N-ethyl adjacent to an activating group) is 1. The number of ether oxygens (including phenoxy) is 1. The Morgan fingerprint density at radius 2 is 1.96 bits per heavy atom. The van der Waals surface area contributed by atoms with Crippen molar-refractivity contribution in [3.63, 3.8) is 0 Å². The van der Waals surface area contributed by atoms with Crippen LogP contribution in [0.4, 0.5) is 5.82 Å². The predicted octanol–water partition coefficient (Wildman–Crippen LogP) is 4.46. The summed E-state index contributed by atoms with van der Waals surface area (Å²) >= 11 is 6.12. The fourth-order valence-electron chi connectivity index (χ4n) is 3.75. The molecule has 1 aliphatic rings. The minimum Gasteiger partial charge on any atom is -0.496 e. The van der Waals surface area contributed by atoms with Crippen molar-refractivity contribution >= 4 is 28.2 Å². The van der Waals surface area contributed by atoms with E-state index in [1.54, 1.807) is 13.2 Å². The molecule has 0 spiro atoms. The normalized spacial score (nSPS) is 17.8. The van der Waals surface area contributed by atoms with Crippen molar-refractivity contribution in [3.05, 3.63) is 47.5 Å². The van der Waals surface area contributed by atoms with Gasteiger partial charge in [0, 0.05) is 33.9 Å². The number of hydrogen-bond donors (Lipinski definition) is 1. The Labute approximate surface area is 164 Å². The summed E-state index contributed by atoms with van der Waals surface area (Å²) in [7, 11) is 3.80. The van der Waals surface area contributed by atoms with E-state index in [2.05, 4.69) is 39.6 Å². The highest BCUT2D eigenvalue weighted by molar-refractivity contribution is 6.30. The number of nitrogens with one attached hydrogen (secondary N) is 1. The van der Waals surface area contributed by atoms with Gasteiger partial charge in [0.25, 0.3) is 0 Å². The standard InChI is InChI=1S/C21H23ClN4O/c1-26-11-5-6-15(13-26)23-21-17-8-4-3-7-16(17)20(24-25-21)18-10-9-14(22)12-19(18)27-2/h3-4,7-10,12,15H,5-6,11,13H2,1-2H3,(H,23,25)/t15-/m1/s1. The van der Waals surface area contributed by atoms with E-state index < -0.39 is 0 Å². The molecule has 1 saturated heterocycles. The summed E-state index contributed by atoms with van der Waals surface area (Å²) in [6.07, 6.45) is 2.34. The van der Waals surface area contributed by atoms with Gasteiger partial charge in [-0.25, -0.2) is 0 Å². The second-order valence-corrected chi connectivity index (χ2v) is 7.47. The summed E-state index contributed by atoms with van der Waals surface area (Å²) in [5.41, 5.74) is 1.68. The number of benzene rings is 2. The number of anilines is 1. The van der Waals surface area contributed by atoms with Crippen LogP contribution in [-0.2, 0) is 0 Å². The van der Waals surface area contributed by atoms with E-state index in [0.717, 1.165) is 47.4 Å². The number of nitrogens with zero attached hydrogens (tertiary/aromatic N) is 3. The van der Waals surface area contributed by atoms with Crippen LogP contribution < -0.4 is 10.1 Å². The van der Waals surface area contributed by atoms with E-state index in [9.17, 15) is 0 Å². The third kappa shape index (κ3) is 3.70. The van der Waals surface area contributed by atoms with Crippen molar-refractivity contribution in [2.75, 3.05) is 32.6 Å². The number of piperidine rings is 1. The summed E-state index contributed by atoms with van der Waals surface area (Å²) in [5, 5.41) is 15.4. The lowest BCUT2D eigenvalue weighted by atomic mass is 10.0. The maximum Gasteiger partial charge on any atom is 0.156 e. The molecule has 1 N–H and O–H groups in total. The predicted molar refractivity (Wildman–Crippen MR) is 111 cm³/mol. The number of rotatable bonds is 4. The van der Waals surface area contributed by atoms with Crippen LogP contribution in [0, 0.1) is 0 Å². The second kappa shape index (κ2) is 7.71. The minimum atomic E-state index is 0.386. The van der Waals surface area contributed by atoms with Crippen molar-refractivity contribution in [1.82, 2.24) is 15.1 Å². The van der Waals surface area contributed by atoms with Crippen molar-refractivity contribution in [2.45, 2.75) is 18.9 Å². The lowest BCUT2D eigenvalue weighted by molar-refractivity contribution is 0.261. The molecule has 27 heavy (non-hydrogen) atoms. The summed E-state index contributed by atoms with van der Waals surface area (Å²) in [5.74, 6) is 1.53. The first-order valence-electron chi connectivity index (χ1n) is 9.20. The number of aromatic nitrogens is 2. The van der Waals surface area contributed by atoms with Crippen molar-refractivity contribution in [2.24, 2.45) is 0 Å². The zero-order valence-corrected chi connectivity index (χ0v) is 16.3. The number of halogens is 1. The number of likely N-dealkylation sites (tertiary alicyclic amines) is 1. The van der Waals surface area contributed by atoms with Gasteiger partial charge in [-0.05, 0) is 44.6 Å². The second-order valence-electron chi connectivity index (χ2n) is 7.03. The minimum absolute atomic E-state index is 0.386. The lowest BCUT2D eigenvalue weighted by Gasteiger charge is -2.30. The zero-order valence-electron chi connectivity index (χ0n) is 15.6. The monoisotopic (exact) mass is 382 g/mol. The van der Waals surface area contributed by atoms with Gasteiger partial charge in [0.1, 0.15) is 11.4 Å². The number of fused-ring (bicyclic) bond motifs is 1. The largest absolute Gasteiger partial charge is 0.496 e. The summed E-state index contributed by atoms with van der Waals surface area (Å²) in [4.78, 5) is 2.35. The van der Waals surface area contributed by atoms with E-state index in [1.807, 2.05) is 24.3 Å². The Morgan fingerprint density at radius 1 is 1.15 bits per heavy atom. The molecule has 0 aliphatic carbocycles. The maximum atomic E-state index is 6.12. The van der Waals surface area contributed by atoms with Crippen LogP contribution in [0.5, 0.6) is 5.75 Å². The molecule has 4 rings (SSSR count). The summed E-state index contributed by atoms with van der Waals surface area (Å²) in [6.45, 7) is 2.17. The molecule has 0 saturated carbocycles. The Kier molecular flexibility index (Phi) is 5.14. The SMILES string of the molecule is COc1cc(Cl)ccc1-c1nnc(N[C@@H]2CCCN(C)C2)c2ccccc12. The third-order valence-electron chi connectivity index (χ3n) is 5.07. The first kappa shape index (κ1) is 18.0. The van der Waals surface area contributed by atoms with Gasteiger partial charge in [0.2, 0.25) is 0 Å². The number of methoxy groups -OCH3 is 1. The van der Waals surface area contributed by atoms with Crippen molar-refractivity contribution in [3.8, 4) is 17.0 Å². The molecule has 1 atom stereocenters. The van der Waals surface area contributed by atoms with E-state index in [0.29, 0.717) is 16.8 Å². The quantitative estimate of drug-likeness (QED) is 0.721. The Hall–Kier alpha value is -2.37. The van der Waals surface area contributed by atoms with Crippen LogP contribution in [0.2, 0.25) is 5.02 Å². The highest BCUT2D eigenvalue weighted by Crippen LogP contribution is 2.36. The van der Waals surface area contributed by atoms with Gasteiger partial charge in [-0.3, -0.25) is 0 Å². The van der Waals surface area contributed by atoms with Crippen LogP contribution in [0.3, 0.4) is 0 Å². The van der Waals surface area contributed by atoms with Gasteiger partial charge in [-0.2, -0.15) is 0 Å². The molecule has 1 fully saturated rings. The first-order chi connectivity index (χ1) is 13.2. The van der Waals surface area contributed by atoms with Crippen LogP contribution in [0.1, 0.15) is 12.8 Å². The van der Waals surface area contributed by atoms with Crippen LogP contribution in [0.25, 0.3) is 22.0 Å². The average molecular weight is 383 g/mol. The lowest BCUT2D eigenvalue weighted by Crippen LogP contribution is -2.40. The molecule has 0 bridgehead atoms. The smallest absolute Gasteiger partial charge is 0.156 e. The average Bonchev–Trinajstić information content (AvgIpc) is 2.68. The zero-order chi connectivity index (χ0) is 18.8. The highest BCUT2D eigenvalue weighted by Gasteiger charge is 2.20. The molecule has 2 heterocycles. The van der Waals surface area contributed by atoms with E-state index in [-0.39, 0.29) is 0 Å². The molecule has 5 nitrogen and oxygen atoms in total. The van der Waals surface area contributed by atoms with Crippen LogP contribution in [-0.4, -0.2) is 48.4 Å². The summed E-state index contributed by atoms with van der Waals surface area (Å²) < 4.78 is 5.52. The van der Waals surface area contributed by atoms with Gasteiger partial charge in [0.15, 0.2) is 5.82 Å². The van der Waals surface area contributed by atoms with Crippen molar-refractivity contribution < 1.29 is 4.74 Å². The molecule has 3 aromatic rings. The Bertz CT molecular complexity index is 962. The molecule has 140 valence electrons. The third-order valence-corrected chi connectivity index (χ3v) is 5.31. The molecule has 0 amide bonds. The van der Waals surface area contributed by atoms with Gasteiger partial charge in [-0.1, -0.05) is 35.9 Å². The maximum absolute atomic E-state index is 6.12. The van der Waals surface area contributed by atoms with Gasteiger partial charge >= 0.3 is 0 Å². The fraction of sp³-hybridized carbons (Fsp3) is 0.333. The molecule has 1 aromatic heterocycles. The van der Waals surface area contributed by atoms with Gasteiger partial charge < -0.3 is 15.0 Å². The van der Waals surface area contributed by atoms with Crippen LogP contribution in [0.15, 0.2) is 42.5 Å². The van der Waals surface area contributed by atoms with E-state index in [4.69, 9.17) is 16.3 Å². The Morgan fingerprint density at radius 3 is 2.74 bits per heavy atom. The van der Waals surface area contributed by atoms with Crippen LogP contribution >= 0.6 is 11.6 Å². The molecule has 6 heteroatoms. The van der Waals surface area contributed by atoms with Gasteiger partial charge in [-0.15, -0.1) is 10.2 Å². The Balaban J connectivity index is 1.77. The molecular weight excluding hydrogens is 360 g/mol. The fourth-order valence-corrected chi connectivity index (χ4v) is 3.91. The summed E-state index contributed by atoms with van der Waals surface area (Å²) in [6, 6.07) is 14.2. The topological polar surface area (TPSA) is 50.3 Å². The first-order valence-corrected chi connectivity index (χ1v) is 9.58. The molecule has 2 aromatic carbocycles. The van der Waals surface area contributed by atoms with E-state index >= 15 is 0 Å².